The van der Waals surface area contributed by atoms with Gasteiger partial charge in [0.15, 0.2) is 0 Å². The van der Waals surface area contributed by atoms with Crippen LogP contribution in [0, 0.1) is 0 Å². The Morgan fingerprint density at radius 1 is 1.27 bits per heavy atom. The van der Waals surface area contributed by atoms with Gasteiger partial charge in [0.1, 0.15) is 5.75 Å². The van der Waals surface area contributed by atoms with Crippen LogP contribution in [0.15, 0.2) is 24.3 Å². The van der Waals surface area contributed by atoms with Gasteiger partial charge in [-0.1, -0.05) is 12.1 Å². The second-order valence-corrected chi connectivity index (χ2v) is 2.89. The van der Waals surface area contributed by atoms with Crippen LogP contribution in [-0.4, -0.2) is 29.8 Å². The molecule has 0 amide bonds. The molecule has 0 fully saturated rings. The first kappa shape index (κ1) is 11.9. The third-order valence-corrected chi connectivity index (χ3v) is 1.68. The van der Waals surface area contributed by atoms with Gasteiger partial charge in [-0.05, 0) is 17.6 Å². The fraction of sp³-hybridized carbons (Fsp3) is 0.250. The minimum Gasteiger partial charge on any atom is -0.432 e. The van der Waals surface area contributed by atoms with Crippen molar-refractivity contribution >= 4 is 12.6 Å². The molecule has 0 unspecified atom stereocenters. The Morgan fingerprint density at radius 2 is 1.80 bits per heavy atom. The van der Waals surface area contributed by atoms with Gasteiger partial charge < -0.3 is 20.5 Å². The summed E-state index contributed by atoms with van der Waals surface area (Å²) >= 11 is 0. The molecule has 0 bridgehead atoms. The summed E-state index contributed by atoms with van der Waals surface area (Å²) in [5.41, 5.74) is 4.97. The van der Waals surface area contributed by atoms with Crippen LogP contribution < -0.4 is 15.9 Å². The van der Waals surface area contributed by atoms with Gasteiger partial charge >= 0.3 is 13.2 Å². The molecule has 7 heteroatoms. The van der Waals surface area contributed by atoms with Gasteiger partial charge in [-0.2, -0.15) is 8.78 Å². The Kier molecular flexibility index (Phi) is 3.62. The molecule has 0 aliphatic rings. The molecule has 0 saturated carbocycles. The van der Waals surface area contributed by atoms with E-state index in [4.69, 9.17) is 15.8 Å². The van der Waals surface area contributed by atoms with E-state index in [1.54, 1.807) is 0 Å². The van der Waals surface area contributed by atoms with Gasteiger partial charge in [-0.3, -0.25) is 0 Å². The van der Waals surface area contributed by atoms with E-state index in [1.165, 1.54) is 24.3 Å². The third kappa shape index (κ3) is 3.47. The maximum absolute atomic E-state index is 12.7. The number of ether oxygens (including phenoxy) is 1. The second-order valence-electron chi connectivity index (χ2n) is 2.89. The molecule has 0 radical (unpaired) electrons. The molecule has 0 atom stereocenters. The molecular weight excluding hydrogens is 207 g/mol. The lowest BCUT2D eigenvalue weighted by Gasteiger charge is -2.15. The SMILES string of the molecule is NCC(F)(F)Oc1ccc(B(O)O)cc1. The fourth-order valence-electron chi connectivity index (χ4n) is 0.922. The van der Waals surface area contributed by atoms with Crippen LogP contribution in [0.5, 0.6) is 5.75 Å². The molecular formula is C8H10BF2NO3. The van der Waals surface area contributed by atoms with E-state index in [-0.39, 0.29) is 11.2 Å². The molecule has 0 heterocycles. The maximum Gasteiger partial charge on any atom is 0.488 e. The zero-order valence-corrected chi connectivity index (χ0v) is 7.73. The molecule has 0 saturated heterocycles. The van der Waals surface area contributed by atoms with Crippen molar-refractivity contribution in [3.63, 3.8) is 0 Å². The van der Waals surface area contributed by atoms with Crippen LogP contribution in [0.3, 0.4) is 0 Å². The van der Waals surface area contributed by atoms with Crippen LogP contribution >= 0.6 is 0 Å². The Bertz CT molecular complexity index is 318. The number of alkyl halides is 2. The van der Waals surface area contributed by atoms with Crippen molar-refractivity contribution in [1.29, 1.82) is 0 Å². The molecule has 82 valence electrons. The number of rotatable bonds is 4. The summed E-state index contributed by atoms with van der Waals surface area (Å²) in [5, 5.41) is 17.5. The standard InChI is InChI=1S/C8H10BF2NO3/c10-8(11,5-12)15-7-3-1-6(2-4-7)9(13)14/h1-4,13-14H,5,12H2. The fourth-order valence-corrected chi connectivity index (χ4v) is 0.922. The Hall–Kier alpha value is -1.18. The predicted octanol–water partition coefficient (Wildman–Crippen LogP) is -0.703. The Morgan fingerprint density at radius 3 is 2.20 bits per heavy atom. The molecule has 4 nitrogen and oxygen atoms in total. The quantitative estimate of drug-likeness (QED) is 0.582. The van der Waals surface area contributed by atoms with E-state index >= 15 is 0 Å². The molecule has 1 aromatic rings. The first-order valence-electron chi connectivity index (χ1n) is 4.17. The van der Waals surface area contributed by atoms with Crippen LogP contribution in [0.4, 0.5) is 8.78 Å². The molecule has 0 aliphatic carbocycles. The average Bonchev–Trinajstić information content (AvgIpc) is 2.18. The summed E-state index contributed by atoms with van der Waals surface area (Å²) in [6, 6.07) is 4.95. The lowest BCUT2D eigenvalue weighted by atomic mass is 9.80. The van der Waals surface area contributed by atoms with E-state index in [0.29, 0.717) is 0 Å². The largest absolute Gasteiger partial charge is 0.488 e. The van der Waals surface area contributed by atoms with E-state index in [0.717, 1.165) is 0 Å². The first-order chi connectivity index (χ1) is 6.94. The van der Waals surface area contributed by atoms with Crippen molar-refractivity contribution in [3.8, 4) is 5.75 Å². The van der Waals surface area contributed by atoms with Gasteiger partial charge in [0.2, 0.25) is 0 Å². The summed E-state index contributed by atoms with van der Waals surface area (Å²) in [5.74, 6) is -0.0881. The van der Waals surface area contributed by atoms with Crippen LogP contribution in [-0.2, 0) is 0 Å². The monoisotopic (exact) mass is 217 g/mol. The van der Waals surface area contributed by atoms with Gasteiger partial charge in [0.25, 0.3) is 0 Å². The topological polar surface area (TPSA) is 75.7 Å². The molecule has 0 aliphatic heterocycles. The smallest absolute Gasteiger partial charge is 0.432 e. The average molecular weight is 217 g/mol. The molecule has 0 aromatic heterocycles. The Balaban J connectivity index is 2.73. The third-order valence-electron chi connectivity index (χ3n) is 1.68. The summed E-state index contributed by atoms with van der Waals surface area (Å²) in [4.78, 5) is 0. The predicted molar refractivity (Wildman–Crippen MR) is 50.9 cm³/mol. The molecule has 15 heavy (non-hydrogen) atoms. The van der Waals surface area contributed by atoms with Crippen LogP contribution in [0.2, 0.25) is 0 Å². The van der Waals surface area contributed by atoms with Crippen LogP contribution in [0.25, 0.3) is 0 Å². The van der Waals surface area contributed by atoms with Crippen molar-refractivity contribution in [2.24, 2.45) is 5.73 Å². The lowest BCUT2D eigenvalue weighted by molar-refractivity contribution is -0.166. The highest BCUT2D eigenvalue weighted by Gasteiger charge is 2.29. The van der Waals surface area contributed by atoms with Gasteiger partial charge in [-0.25, -0.2) is 0 Å². The summed E-state index contributed by atoms with van der Waals surface area (Å²) in [6.07, 6.45) is -3.42. The van der Waals surface area contributed by atoms with E-state index in [2.05, 4.69) is 4.74 Å². The van der Waals surface area contributed by atoms with Crippen molar-refractivity contribution in [3.05, 3.63) is 24.3 Å². The van der Waals surface area contributed by atoms with Crippen molar-refractivity contribution in [2.75, 3.05) is 6.54 Å². The van der Waals surface area contributed by atoms with E-state index in [9.17, 15) is 8.78 Å². The summed E-state index contributed by atoms with van der Waals surface area (Å²) in [7, 11) is -1.63. The minimum atomic E-state index is -3.42. The van der Waals surface area contributed by atoms with E-state index < -0.39 is 19.8 Å². The highest BCUT2D eigenvalue weighted by Crippen LogP contribution is 2.19. The maximum atomic E-state index is 12.7. The lowest BCUT2D eigenvalue weighted by Crippen LogP contribution is -2.34. The summed E-state index contributed by atoms with van der Waals surface area (Å²) < 4.78 is 29.6. The number of hydrogen-bond acceptors (Lipinski definition) is 4. The number of halogens is 2. The second kappa shape index (κ2) is 4.56. The highest BCUT2D eigenvalue weighted by atomic mass is 19.3. The zero-order valence-electron chi connectivity index (χ0n) is 7.73. The highest BCUT2D eigenvalue weighted by molar-refractivity contribution is 6.58. The van der Waals surface area contributed by atoms with Crippen molar-refractivity contribution < 1.29 is 23.6 Å². The number of nitrogens with two attached hydrogens (primary N) is 1. The summed E-state index contributed by atoms with van der Waals surface area (Å²) in [6.45, 7) is -0.919. The van der Waals surface area contributed by atoms with Gasteiger partial charge in [0.05, 0.1) is 6.54 Å². The van der Waals surface area contributed by atoms with Gasteiger partial charge in [0, 0.05) is 0 Å². The van der Waals surface area contributed by atoms with Crippen molar-refractivity contribution in [2.45, 2.75) is 6.11 Å². The van der Waals surface area contributed by atoms with Crippen LogP contribution in [0.1, 0.15) is 0 Å². The minimum absolute atomic E-state index is 0.0881. The number of hydrogen-bond donors (Lipinski definition) is 3. The normalized spacial score (nSPS) is 11.3. The molecule has 1 rings (SSSR count). The van der Waals surface area contributed by atoms with Crippen molar-refractivity contribution in [1.82, 2.24) is 0 Å². The Labute approximate surface area is 85.4 Å². The molecule has 0 spiro atoms. The zero-order chi connectivity index (χ0) is 11.5. The number of benzene rings is 1. The van der Waals surface area contributed by atoms with E-state index in [1.807, 2.05) is 0 Å². The molecule has 4 N–H and O–H groups in total. The molecule has 1 aromatic carbocycles. The first-order valence-corrected chi connectivity index (χ1v) is 4.17. The van der Waals surface area contributed by atoms with Gasteiger partial charge in [-0.15, -0.1) is 0 Å².